The highest BCUT2D eigenvalue weighted by Gasteiger charge is 2.04. The van der Waals surface area contributed by atoms with Crippen LogP contribution in [0, 0.1) is 0 Å². The second-order valence-electron chi connectivity index (χ2n) is 2.70. The van der Waals surface area contributed by atoms with Crippen LogP contribution in [-0.4, -0.2) is 23.3 Å². The van der Waals surface area contributed by atoms with Crippen LogP contribution in [0.1, 0.15) is 25.1 Å². The molecule has 0 saturated carbocycles. The Morgan fingerprint density at radius 3 is 3.08 bits per heavy atom. The molecule has 2 N–H and O–H groups in total. The van der Waals surface area contributed by atoms with Crippen molar-refractivity contribution in [3.8, 4) is 0 Å². The van der Waals surface area contributed by atoms with Gasteiger partial charge in [-0.05, 0) is 6.42 Å². The van der Waals surface area contributed by atoms with Crippen LogP contribution in [0.15, 0.2) is 4.52 Å². The summed E-state index contributed by atoms with van der Waals surface area (Å²) >= 11 is 0. The molecule has 5 heteroatoms. The summed E-state index contributed by atoms with van der Waals surface area (Å²) in [5, 5.41) is 3.79. The van der Waals surface area contributed by atoms with Gasteiger partial charge in [-0.25, -0.2) is 0 Å². The molecule has 0 atom stereocenters. The number of nitrogens with zero attached hydrogens (tertiary/aromatic N) is 2. The van der Waals surface area contributed by atoms with Gasteiger partial charge in [-0.15, -0.1) is 0 Å². The van der Waals surface area contributed by atoms with Gasteiger partial charge in [-0.2, -0.15) is 4.98 Å². The van der Waals surface area contributed by atoms with E-state index in [4.69, 9.17) is 15.0 Å². The van der Waals surface area contributed by atoms with Crippen molar-refractivity contribution in [2.45, 2.75) is 26.4 Å². The molecule has 0 unspecified atom stereocenters. The number of aromatic nitrogens is 2. The molecule has 0 fully saturated rings. The van der Waals surface area contributed by atoms with Gasteiger partial charge in [-0.1, -0.05) is 12.1 Å². The summed E-state index contributed by atoms with van der Waals surface area (Å²) in [5.41, 5.74) is 5.25. The van der Waals surface area contributed by atoms with Crippen LogP contribution in [0.5, 0.6) is 0 Å². The molecule has 5 nitrogen and oxygen atoms in total. The second kappa shape index (κ2) is 5.66. The fraction of sp³-hybridized carbons (Fsp3) is 0.750. The number of ether oxygens (including phenoxy) is 1. The first-order valence-electron chi connectivity index (χ1n) is 4.46. The first-order valence-corrected chi connectivity index (χ1v) is 4.46. The fourth-order valence-corrected chi connectivity index (χ4v) is 0.917. The van der Waals surface area contributed by atoms with Crippen molar-refractivity contribution in [2.75, 3.05) is 13.2 Å². The molecule has 0 aromatic carbocycles. The smallest absolute Gasteiger partial charge is 0.252 e. The van der Waals surface area contributed by atoms with Crippen LogP contribution < -0.4 is 5.73 Å². The number of hydrogen-bond donors (Lipinski definition) is 1. The van der Waals surface area contributed by atoms with Crippen molar-refractivity contribution in [3.63, 3.8) is 0 Å². The van der Waals surface area contributed by atoms with Crippen molar-refractivity contribution in [1.29, 1.82) is 0 Å². The first kappa shape index (κ1) is 10.1. The molecule has 1 rings (SSSR count). The average molecular weight is 185 g/mol. The maximum atomic E-state index is 5.25. The Balaban J connectivity index is 2.31. The van der Waals surface area contributed by atoms with Gasteiger partial charge in [0.2, 0.25) is 0 Å². The second-order valence-corrected chi connectivity index (χ2v) is 2.70. The minimum atomic E-state index is 0.355. The minimum Gasteiger partial charge on any atom is -0.370 e. The maximum Gasteiger partial charge on any atom is 0.252 e. The van der Waals surface area contributed by atoms with Crippen molar-refractivity contribution in [2.24, 2.45) is 5.73 Å². The Kier molecular flexibility index (Phi) is 4.42. The van der Waals surface area contributed by atoms with Crippen LogP contribution in [0.4, 0.5) is 0 Å². The molecular formula is C8H15N3O2. The number of rotatable bonds is 6. The van der Waals surface area contributed by atoms with Crippen LogP contribution >= 0.6 is 0 Å². The lowest BCUT2D eigenvalue weighted by Gasteiger charge is -1.95. The van der Waals surface area contributed by atoms with Crippen molar-refractivity contribution in [3.05, 3.63) is 11.7 Å². The van der Waals surface area contributed by atoms with Crippen molar-refractivity contribution in [1.82, 2.24) is 10.1 Å². The Hall–Kier alpha value is -0.940. The standard InChI is InChI=1S/C8H15N3O2/c1-2-3-7-10-8(13-11-7)6-12-5-4-9/h2-6,9H2,1H3. The van der Waals surface area contributed by atoms with Crippen molar-refractivity contribution < 1.29 is 9.26 Å². The lowest BCUT2D eigenvalue weighted by molar-refractivity contribution is 0.104. The molecule has 1 aromatic rings. The lowest BCUT2D eigenvalue weighted by Crippen LogP contribution is -2.08. The van der Waals surface area contributed by atoms with E-state index < -0.39 is 0 Å². The van der Waals surface area contributed by atoms with Gasteiger partial charge in [0, 0.05) is 13.0 Å². The summed E-state index contributed by atoms with van der Waals surface area (Å²) in [4.78, 5) is 4.13. The van der Waals surface area contributed by atoms with E-state index in [1.165, 1.54) is 0 Å². The normalized spacial score (nSPS) is 10.6. The molecule has 0 aliphatic rings. The monoisotopic (exact) mass is 185 g/mol. The molecule has 0 aliphatic heterocycles. The summed E-state index contributed by atoms with van der Waals surface area (Å²) in [6.07, 6.45) is 1.86. The van der Waals surface area contributed by atoms with E-state index in [9.17, 15) is 0 Å². The predicted octanol–water partition coefficient (Wildman–Crippen LogP) is 0.497. The molecule has 0 amide bonds. The van der Waals surface area contributed by atoms with Gasteiger partial charge in [-0.3, -0.25) is 0 Å². The zero-order chi connectivity index (χ0) is 9.52. The quantitative estimate of drug-likeness (QED) is 0.653. The van der Waals surface area contributed by atoms with Crippen LogP contribution in [0.2, 0.25) is 0 Å². The molecule has 0 bridgehead atoms. The van der Waals surface area contributed by atoms with Gasteiger partial charge in [0.25, 0.3) is 5.89 Å². The van der Waals surface area contributed by atoms with Crippen LogP contribution in [0.3, 0.4) is 0 Å². The van der Waals surface area contributed by atoms with Crippen LogP contribution in [-0.2, 0) is 17.8 Å². The van der Waals surface area contributed by atoms with Gasteiger partial charge in [0.1, 0.15) is 6.61 Å². The summed E-state index contributed by atoms with van der Waals surface area (Å²) in [7, 11) is 0. The number of hydrogen-bond acceptors (Lipinski definition) is 5. The summed E-state index contributed by atoms with van der Waals surface area (Å²) in [5.74, 6) is 1.27. The summed E-state index contributed by atoms with van der Waals surface area (Å²) < 4.78 is 10.1. The average Bonchev–Trinajstić information content (AvgIpc) is 2.54. The molecular weight excluding hydrogens is 170 g/mol. The van der Waals surface area contributed by atoms with Gasteiger partial charge in [0.15, 0.2) is 5.82 Å². The third-order valence-corrected chi connectivity index (χ3v) is 1.47. The molecule has 0 saturated heterocycles. The number of nitrogens with two attached hydrogens (primary N) is 1. The molecule has 0 aliphatic carbocycles. The van der Waals surface area contributed by atoms with E-state index in [0.29, 0.717) is 25.6 Å². The van der Waals surface area contributed by atoms with Crippen molar-refractivity contribution >= 4 is 0 Å². The molecule has 1 heterocycles. The first-order chi connectivity index (χ1) is 6.36. The zero-order valence-electron chi connectivity index (χ0n) is 7.82. The van der Waals surface area contributed by atoms with E-state index in [2.05, 4.69) is 17.1 Å². The number of aryl methyl sites for hydroxylation is 1. The SMILES string of the molecule is CCCc1noc(COCCN)n1. The predicted molar refractivity (Wildman–Crippen MR) is 47.0 cm³/mol. The molecule has 74 valence electrons. The van der Waals surface area contributed by atoms with Gasteiger partial charge < -0.3 is 15.0 Å². The third-order valence-electron chi connectivity index (χ3n) is 1.47. The molecule has 13 heavy (non-hydrogen) atoms. The Morgan fingerprint density at radius 2 is 2.38 bits per heavy atom. The largest absolute Gasteiger partial charge is 0.370 e. The highest BCUT2D eigenvalue weighted by Crippen LogP contribution is 2.01. The summed E-state index contributed by atoms with van der Waals surface area (Å²) in [6.45, 7) is 3.45. The minimum absolute atomic E-state index is 0.355. The third kappa shape index (κ3) is 3.52. The Bertz CT molecular complexity index is 237. The highest BCUT2D eigenvalue weighted by molar-refractivity contribution is 4.84. The maximum absolute atomic E-state index is 5.25. The molecule has 0 spiro atoms. The molecule has 0 radical (unpaired) electrons. The van der Waals surface area contributed by atoms with Crippen LogP contribution in [0.25, 0.3) is 0 Å². The van der Waals surface area contributed by atoms with Gasteiger partial charge >= 0.3 is 0 Å². The van der Waals surface area contributed by atoms with E-state index >= 15 is 0 Å². The zero-order valence-corrected chi connectivity index (χ0v) is 7.82. The van der Waals surface area contributed by atoms with Gasteiger partial charge in [0.05, 0.1) is 6.61 Å². The van der Waals surface area contributed by atoms with E-state index in [-0.39, 0.29) is 0 Å². The highest BCUT2D eigenvalue weighted by atomic mass is 16.5. The van der Waals surface area contributed by atoms with E-state index in [1.807, 2.05) is 0 Å². The fourth-order valence-electron chi connectivity index (χ4n) is 0.917. The molecule has 1 aromatic heterocycles. The Morgan fingerprint density at radius 1 is 1.54 bits per heavy atom. The Labute approximate surface area is 77.3 Å². The lowest BCUT2D eigenvalue weighted by atomic mass is 10.3. The topological polar surface area (TPSA) is 74.2 Å². The van der Waals surface area contributed by atoms with E-state index in [1.54, 1.807) is 0 Å². The van der Waals surface area contributed by atoms with E-state index in [0.717, 1.165) is 18.7 Å². The summed E-state index contributed by atoms with van der Waals surface area (Å²) in [6, 6.07) is 0.